The number of esters is 1. The molecular weight excluding hydrogens is 195 g/mol. The highest BCUT2D eigenvalue weighted by Gasteiger charge is 2.08. The fraction of sp³-hybridized carbons (Fsp3) is 0.250. The van der Waals surface area contributed by atoms with Gasteiger partial charge in [-0.2, -0.15) is 0 Å². The van der Waals surface area contributed by atoms with Crippen LogP contribution in [0.1, 0.15) is 19.4 Å². The molecule has 0 aliphatic heterocycles. The van der Waals surface area contributed by atoms with E-state index < -0.39 is 0 Å². The molecule has 0 fully saturated rings. The standard InChI is InChI=1S/C12H13FO2/c1-8(9(2)12(14)15-3)10-4-6-11(13)7-5-10/h4-7H,1-3H3/b9-8+. The molecule has 0 heterocycles. The van der Waals surface area contributed by atoms with Gasteiger partial charge in [0.25, 0.3) is 0 Å². The molecule has 0 radical (unpaired) electrons. The zero-order valence-electron chi connectivity index (χ0n) is 9.00. The maximum Gasteiger partial charge on any atom is 0.333 e. The van der Waals surface area contributed by atoms with Crippen molar-refractivity contribution in [2.75, 3.05) is 7.11 Å². The second-order valence-electron chi connectivity index (χ2n) is 3.25. The minimum Gasteiger partial charge on any atom is -0.466 e. The van der Waals surface area contributed by atoms with Crippen LogP contribution in [-0.2, 0) is 9.53 Å². The minimum atomic E-state index is -0.364. The van der Waals surface area contributed by atoms with Crippen LogP contribution in [0.2, 0.25) is 0 Å². The van der Waals surface area contributed by atoms with Gasteiger partial charge in [-0.3, -0.25) is 0 Å². The molecule has 1 aromatic carbocycles. The molecule has 0 bridgehead atoms. The molecule has 0 spiro atoms. The normalized spacial score (nSPS) is 12.0. The number of ether oxygens (including phenoxy) is 1. The van der Waals surface area contributed by atoms with E-state index >= 15 is 0 Å². The highest BCUT2D eigenvalue weighted by molar-refractivity contribution is 5.96. The third-order valence-corrected chi connectivity index (χ3v) is 2.33. The average molecular weight is 208 g/mol. The van der Waals surface area contributed by atoms with Gasteiger partial charge in [-0.15, -0.1) is 0 Å². The van der Waals surface area contributed by atoms with E-state index in [1.54, 1.807) is 26.0 Å². The van der Waals surface area contributed by atoms with Gasteiger partial charge >= 0.3 is 5.97 Å². The SMILES string of the molecule is COC(=O)/C(C)=C(\C)c1ccc(F)cc1. The van der Waals surface area contributed by atoms with E-state index in [9.17, 15) is 9.18 Å². The van der Waals surface area contributed by atoms with Gasteiger partial charge in [-0.25, -0.2) is 9.18 Å². The Labute approximate surface area is 88.4 Å². The molecule has 2 nitrogen and oxygen atoms in total. The fourth-order valence-corrected chi connectivity index (χ4v) is 1.22. The Morgan fingerprint density at radius 2 is 1.73 bits per heavy atom. The summed E-state index contributed by atoms with van der Waals surface area (Å²) in [6.07, 6.45) is 0. The van der Waals surface area contributed by atoms with Crippen molar-refractivity contribution >= 4 is 11.5 Å². The molecule has 15 heavy (non-hydrogen) atoms. The summed E-state index contributed by atoms with van der Waals surface area (Å²) in [7, 11) is 1.34. The zero-order chi connectivity index (χ0) is 11.4. The lowest BCUT2D eigenvalue weighted by atomic mass is 10.0. The molecular formula is C12H13FO2. The van der Waals surface area contributed by atoms with Gasteiger partial charge in [-0.05, 0) is 37.1 Å². The van der Waals surface area contributed by atoms with Gasteiger partial charge in [0.2, 0.25) is 0 Å². The molecule has 0 aliphatic carbocycles. The minimum absolute atomic E-state index is 0.290. The summed E-state index contributed by atoms with van der Waals surface area (Å²) in [5.41, 5.74) is 2.14. The van der Waals surface area contributed by atoms with Crippen LogP contribution < -0.4 is 0 Å². The maximum atomic E-state index is 12.7. The summed E-state index contributed by atoms with van der Waals surface area (Å²) in [5, 5.41) is 0. The first-order valence-corrected chi connectivity index (χ1v) is 4.58. The van der Waals surface area contributed by atoms with E-state index in [4.69, 9.17) is 0 Å². The van der Waals surface area contributed by atoms with Crippen molar-refractivity contribution < 1.29 is 13.9 Å². The van der Waals surface area contributed by atoms with Crippen molar-refractivity contribution in [1.82, 2.24) is 0 Å². The third kappa shape index (κ3) is 2.65. The number of allylic oxidation sites excluding steroid dienone is 1. The molecule has 0 aromatic heterocycles. The molecule has 0 N–H and O–H groups in total. The Hall–Kier alpha value is -1.64. The lowest BCUT2D eigenvalue weighted by Gasteiger charge is -2.06. The van der Waals surface area contributed by atoms with Crippen LogP contribution in [-0.4, -0.2) is 13.1 Å². The number of hydrogen-bond acceptors (Lipinski definition) is 2. The van der Waals surface area contributed by atoms with Gasteiger partial charge in [0, 0.05) is 5.57 Å². The van der Waals surface area contributed by atoms with E-state index in [1.165, 1.54) is 19.2 Å². The lowest BCUT2D eigenvalue weighted by Crippen LogP contribution is -2.03. The topological polar surface area (TPSA) is 26.3 Å². The number of carbonyl (C=O) groups is 1. The van der Waals surface area contributed by atoms with Crippen LogP contribution in [0.25, 0.3) is 5.57 Å². The second kappa shape index (κ2) is 4.73. The quantitative estimate of drug-likeness (QED) is 0.551. The van der Waals surface area contributed by atoms with Gasteiger partial charge in [0.15, 0.2) is 0 Å². The molecule has 0 unspecified atom stereocenters. The Morgan fingerprint density at radius 3 is 2.20 bits per heavy atom. The number of halogens is 1. The predicted octanol–water partition coefficient (Wildman–Crippen LogP) is 2.79. The Balaban J connectivity index is 3.07. The lowest BCUT2D eigenvalue weighted by molar-refractivity contribution is -0.135. The number of carbonyl (C=O) groups excluding carboxylic acids is 1. The van der Waals surface area contributed by atoms with E-state index in [0.29, 0.717) is 5.57 Å². The van der Waals surface area contributed by atoms with Gasteiger partial charge in [0.1, 0.15) is 5.82 Å². The molecule has 3 heteroatoms. The molecule has 0 atom stereocenters. The van der Waals surface area contributed by atoms with E-state index in [2.05, 4.69) is 4.74 Å². The van der Waals surface area contributed by atoms with Gasteiger partial charge in [-0.1, -0.05) is 12.1 Å². The zero-order valence-corrected chi connectivity index (χ0v) is 9.00. The summed E-state index contributed by atoms with van der Waals surface area (Å²) in [5.74, 6) is -0.654. The molecule has 80 valence electrons. The molecule has 0 saturated heterocycles. The Bertz CT molecular complexity index is 391. The number of hydrogen-bond donors (Lipinski definition) is 0. The van der Waals surface area contributed by atoms with Crippen molar-refractivity contribution in [3.05, 3.63) is 41.2 Å². The average Bonchev–Trinajstić information content (AvgIpc) is 2.27. The highest BCUT2D eigenvalue weighted by atomic mass is 19.1. The Kier molecular flexibility index (Phi) is 3.61. The summed E-state index contributed by atoms with van der Waals surface area (Å²) in [4.78, 5) is 11.2. The van der Waals surface area contributed by atoms with E-state index in [-0.39, 0.29) is 11.8 Å². The van der Waals surface area contributed by atoms with Crippen LogP contribution in [0.15, 0.2) is 29.8 Å². The van der Waals surface area contributed by atoms with Crippen molar-refractivity contribution in [2.45, 2.75) is 13.8 Å². The summed E-state index contributed by atoms with van der Waals surface area (Å²) >= 11 is 0. The second-order valence-corrected chi connectivity index (χ2v) is 3.25. The smallest absolute Gasteiger partial charge is 0.333 e. The summed E-state index contributed by atoms with van der Waals surface area (Å²) in [6, 6.07) is 6.00. The Morgan fingerprint density at radius 1 is 1.20 bits per heavy atom. The molecule has 0 amide bonds. The first-order chi connectivity index (χ1) is 7.06. The van der Waals surface area contributed by atoms with Crippen molar-refractivity contribution in [1.29, 1.82) is 0 Å². The molecule has 1 aromatic rings. The summed E-state index contributed by atoms with van der Waals surface area (Å²) < 4.78 is 17.3. The van der Waals surface area contributed by atoms with Crippen LogP contribution in [0.4, 0.5) is 4.39 Å². The summed E-state index contributed by atoms with van der Waals surface area (Å²) in [6.45, 7) is 3.49. The van der Waals surface area contributed by atoms with E-state index in [1.807, 2.05) is 0 Å². The van der Waals surface area contributed by atoms with Crippen LogP contribution in [0.5, 0.6) is 0 Å². The molecule has 1 rings (SSSR count). The van der Waals surface area contributed by atoms with Crippen LogP contribution in [0, 0.1) is 5.82 Å². The highest BCUT2D eigenvalue weighted by Crippen LogP contribution is 2.18. The van der Waals surface area contributed by atoms with E-state index in [0.717, 1.165) is 11.1 Å². The van der Waals surface area contributed by atoms with Crippen molar-refractivity contribution in [3.8, 4) is 0 Å². The predicted molar refractivity (Wildman–Crippen MR) is 56.7 cm³/mol. The monoisotopic (exact) mass is 208 g/mol. The number of methoxy groups -OCH3 is 1. The van der Waals surface area contributed by atoms with Crippen molar-refractivity contribution in [3.63, 3.8) is 0 Å². The molecule has 0 aliphatic rings. The molecule has 0 saturated carbocycles. The van der Waals surface area contributed by atoms with Gasteiger partial charge in [0.05, 0.1) is 7.11 Å². The van der Waals surface area contributed by atoms with Gasteiger partial charge < -0.3 is 4.74 Å². The number of benzene rings is 1. The van der Waals surface area contributed by atoms with Crippen molar-refractivity contribution in [2.24, 2.45) is 0 Å². The van der Waals surface area contributed by atoms with Crippen LogP contribution >= 0.6 is 0 Å². The third-order valence-electron chi connectivity index (χ3n) is 2.33. The largest absolute Gasteiger partial charge is 0.466 e. The fourth-order valence-electron chi connectivity index (χ4n) is 1.22. The first kappa shape index (κ1) is 11.4. The maximum absolute atomic E-state index is 12.7. The van der Waals surface area contributed by atoms with Crippen LogP contribution in [0.3, 0.4) is 0 Å². The number of rotatable bonds is 2. The first-order valence-electron chi connectivity index (χ1n) is 4.58.